The van der Waals surface area contributed by atoms with E-state index in [1.807, 2.05) is 25.1 Å². The summed E-state index contributed by atoms with van der Waals surface area (Å²) in [4.78, 5) is 10.9. The largest absolute Gasteiger partial charge is 0.451 e. The summed E-state index contributed by atoms with van der Waals surface area (Å²) >= 11 is 0. The van der Waals surface area contributed by atoms with Gasteiger partial charge in [0.05, 0.1) is 0 Å². The molecule has 0 bridgehead atoms. The van der Waals surface area contributed by atoms with E-state index in [4.69, 9.17) is 10.2 Å². The number of benzene rings is 1. The molecule has 2 rings (SSSR count). The monoisotopic (exact) mass is 204 g/mol. The Morgan fingerprint density at radius 2 is 2.27 bits per heavy atom. The van der Waals surface area contributed by atoms with Crippen LogP contribution >= 0.6 is 0 Å². The Kier molecular flexibility index (Phi) is 2.33. The predicted octanol–water partition coefficient (Wildman–Crippen LogP) is 1.96. The molecule has 1 heterocycles. The van der Waals surface area contributed by atoms with E-state index in [1.54, 1.807) is 6.07 Å². The van der Waals surface area contributed by atoms with Gasteiger partial charge in [0.1, 0.15) is 5.58 Å². The summed E-state index contributed by atoms with van der Waals surface area (Å²) in [6.45, 7) is 2.86. The maximum absolute atomic E-state index is 10.9. The van der Waals surface area contributed by atoms with Gasteiger partial charge >= 0.3 is 0 Å². The van der Waals surface area contributed by atoms with Gasteiger partial charge in [0.25, 0.3) is 5.91 Å². The van der Waals surface area contributed by atoms with Crippen LogP contribution in [-0.2, 0) is 0 Å². The smallest absolute Gasteiger partial charge is 0.284 e. The van der Waals surface area contributed by atoms with E-state index in [0.717, 1.165) is 17.6 Å². The van der Waals surface area contributed by atoms with Crippen LogP contribution in [0.1, 0.15) is 17.5 Å². The Morgan fingerprint density at radius 1 is 1.47 bits per heavy atom. The number of rotatable bonds is 3. The second-order valence-corrected chi connectivity index (χ2v) is 3.26. The third-order valence-corrected chi connectivity index (χ3v) is 2.14. The van der Waals surface area contributed by atoms with Crippen LogP contribution in [0.5, 0.6) is 0 Å². The minimum Gasteiger partial charge on any atom is -0.451 e. The van der Waals surface area contributed by atoms with Gasteiger partial charge in [0.15, 0.2) is 5.76 Å². The van der Waals surface area contributed by atoms with Crippen LogP contribution < -0.4 is 11.1 Å². The summed E-state index contributed by atoms with van der Waals surface area (Å²) in [5.41, 5.74) is 6.76. The molecule has 0 fully saturated rings. The topological polar surface area (TPSA) is 68.3 Å². The van der Waals surface area contributed by atoms with E-state index in [9.17, 15) is 4.79 Å². The molecule has 0 spiro atoms. The van der Waals surface area contributed by atoms with Crippen molar-refractivity contribution in [3.8, 4) is 0 Å². The quantitative estimate of drug-likeness (QED) is 0.803. The lowest BCUT2D eigenvalue weighted by Crippen LogP contribution is -2.08. The third kappa shape index (κ3) is 1.79. The van der Waals surface area contributed by atoms with Gasteiger partial charge in [-0.05, 0) is 25.1 Å². The highest BCUT2D eigenvalue weighted by atomic mass is 16.3. The summed E-state index contributed by atoms with van der Waals surface area (Å²) in [6.07, 6.45) is 0. The molecule has 0 atom stereocenters. The van der Waals surface area contributed by atoms with Crippen LogP contribution in [0.15, 0.2) is 28.7 Å². The summed E-state index contributed by atoms with van der Waals surface area (Å²) in [5.74, 6) is -0.352. The second-order valence-electron chi connectivity index (χ2n) is 3.26. The molecule has 0 saturated heterocycles. The zero-order valence-corrected chi connectivity index (χ0v) is 8.41. The van der Waals surface area contributed by atoms with Crippen LogP contribution in [0.2, 0.25) is 0 Å². The van der Waals surface area contributed by atoms with Crippen molar-refractivity contribution in [2.75, 3.05) is 11.9 Å². The van der Waals surface area contributed by atoms with Gasteiger partial charge in [-0.25, -0.2) is 0 Å². The van der Waals surface area contributed by atoms with Crippen molar-refractivity contribution in [1.82, 2.24) is 0 Å². The molecule has 0 aliphatic carbocycles. The van der Waals surface area contributed by atoms with Gasteiger partial charge in [-0.1, -0.05) is 0 Å². The van der Waals surface area contributed by atoms with Crippen molar-refractivity contribution in [3.05, 3.63) is 30.0 Å². The molecule has 0 saturated carbocycles. The average Bonchev–Trinajstić information content (AvgIpc) is 2.61. The lowest BCUT2D eigenvalue weighted by atomic mass is 10.2. The summed E-state index contributed by atoms with van der Waals surface area (Å²) < 4.78 is 5.30. The Morgan fingerprint density at radius 3 is 2.93 bits per heavy atom. The second kappa shape index (κ2) is 3.65. The SMILES string of the molecule is CCNc1ccc2cc(C(N)=O)oc2c1. The summed E-state index contributed by atoms with van der Waals surface area (Å²) in [6, 6.07) is 7.33. The molecule has 78 valence electrons. The molecule has 2 aromatic rings. The van der Waals surface area contributed by atoms with Gasteiger partial charge in [-0.3, -0.25) is 4.79 Å². The number of hydrogen-bond donors (Lipinski definition) is 2. The summed E-state index contributed by atoms with van der Waals surface area (Å²) in [7, 11) is 0. The number of furan rings is 1. The summed E-state index contributed by atoms with van der Waals surface area (Å²) in [5, 5.41) is 4.04. The highest BCUT2D eigenvalue weighted by molar-refractivity contribution is 5.95. The zero-order chi connectivity index (χ0) is 10.8. The molecule has 1 aromatic heterocycles. The van der Waals surface area contributed by atoms with E-state index in [1.165, 1.54) is 0 Å². The number of anilines is 1. The standard InChI is InChI=1S/C11H12N2O2/c1-2-13-8-4-3-7-5-10(11(12)14)15-9(7)6-8/h3-6,13H,2H2,1H3,(H2,12,14). The molecular formula is C11H12N2O2. The van der Waals surface area contributed by atoms with Crippen molar-refractivity contribution >= 4 is 22.6 Å². The van der Waals surface area contributed by atoms with Gasteiger partial charge in [0.2, 0.25) is 0 Å². The van der Waals surface area contributed by atoms with Crippen molar-refractivity contribution in [2.24, 2.45) is 5.73 Å². The van der Waals surface area contributed by atoms with E-state index in [2.05, 4.69) is 5.32 Å². The normalized spacial score (nSPS) is 10.5. The van der Waals surface area contributed by atoms with Crippen LogP contribution in [0.25, 0.3) is 11.0 Å². The number of hydrogen-bond acceptors (Lipinski definition) is 3. The minimum atomic E-state index is -0.545. The highest BCUT2D eigenvalue weighted by Crippen LogP contribution is 2.22. The lowest BCUT2D eigenvalue weighted by molar-refractivity contribution is 0.0976. The number of primary amides is 1. The molecule has 1 amide bonds. The first-order valence-electron chi connectivity index (χ1n) is 4.78. The number of amides is 1. The molecule has 0 radical (unpaired) electrons. The van der Waals surface area contributed by atoms with Gasteiger partial charge in [-0.2, -0.15) is 0 Å². The lowest BCUT2D eigenvalue weighted by Gasteiger charge is -2.00. The van der Waals surface area contributed by atoms with Crippen LogP contribution in [0, 0.1) is 0 Å². The minimum absolute atomic E-state index is 0.193. The van der Waals surface area contributed by atoms with E-state index in [0.29, 0.717) is 5.58 Å². The molecule has 0 aliphatic rings. The van der Waals surface area contributed by atoms with Gasteiger partial charge in [0, 0.05) is 23.7 Å². The molecule has 1 aromatic carbocycles. The van der Waals surface area contributed by atoms with E-state index in [-0.39, 0.29) is 5.76 Å². The maximum Gasteiger partial charge on any atom is 0.284 e. The zero-order valence-electron chi connectivity index (χ0n) is 8.41. The molecule has 4 nitrogen and oxygen atoms in total. The molecule has 0 unspecified atom stereocenters. The van der Waals surface area contributed by atoms with Crippen LogP contribution in [0.3, 0.4) is 0 Å². The Labute approximate surface area is 87.1 Å². The molecule has 15 heavy (non-hydrogen) atoms. The average molecular weight is 204 g/mol. The fraction of sp³-hybridized carbons (Fsp3) is 0.182. The number of carbonyl (C=O) groups excluding carboxylic acids is 1. The van der Waals surface area contributed by atoms with Crippen molar-refractivity contribution in [3.63, 3.8) is 0 Å². The molecular weight excluding hydrogens is 192 g/mol. The molecule has 0 aliphatic heterocycles. The number of fused-ring (bicyclic) bond motifs is 1. The number of nitrogens with one attached hydrogen (secondary N) is 1. The Balaban J connectivity index is 2.47. The predicted molar refractivity (Wildman–Crippen MR) is 58.9 cm³/mol. The van der Waals surface area contributed by atoms with Gasteiger partial charge in [-0.15, -0.1) is 0 Å². The van der Waals surface area contributed by atoms with Crippen molar-refractivity contribution in [1.29, 1.82) is 0 Å². The van der Waals surface area contributed by atoms with Crippen LogP contribution in [-0.4, -0.2) is 12.5 Å². The maximum atomic E-state index is 10.9. The fourth-order valence-electron chi connectivity index (χ4n) is 1.47. The number of carbonyl (C=O) groups is 1. The van der Waals surface area contributed by atoms with Crippen molar-refractivity contribution < 1.29 is 9.21 Å². The van der Waals surface area contributed by atoms with Crippen LogP contribution in [0.4, 0.5) is 5.69 Å². The first kappa shape index (κ1) is 9.58. The molecule has 3 N–H and O–H groups in total. The third-order valence-electron chi connectivity index (χ3n) is 2.14. The van der Waals surface area contributed by atoms with Crippen molar-refractivity contribution in [2.45, 2.75) is 6.92 Å². The van der Waals surface area contributed by atoms with E-state index < -0.39 is 5.91 Å². The van der Waals surface area contributed by atoms with Gasteiger partial charge < -0.3 is 15.5 Å². The Bertz CT molecular complexity index is 502. The fourth-order valence-corrected chi connectivity index (χ4v) is 1.47. The molecule has 4 heteroatoms. The Hall–Kier alpha value is -1.97. The highest BCUT2D eigenvalue weighted by Gasteiger charge is 2.08. The number of nitrogens with two attached hydrogens (primary N) is 1. The first-order chi connectivity index (χ1) is 7.20. The first-order valence-corrected chi connectivity index (χ1v) is 4.78. The van der Waals surface area contributed by atoms with E-state index >= 15 is 0 Å².